The van der Waals surface area contributed by atoms with E-state index in [-0.39, 0.29) is 12.5 Å². The first kappa shape index (κ1) is 20.1. The third-order valence-electron chi connectivity index (χ3n) is 4.88. The van der Waals surface area contributed by atoms with E-state index in [9.17, 15) is 4.79 Å². The van der Waals surface area contributed by atoms with Crippen molar-refractivity contribution in [3.05, 3.63) is 54.0 Å². The molecule has 0 spiro atoms. The van der Waals surface area contributed by atoms with Crippen LogP contribution in [0.5, 0.6) is 5.75 Å². The van der Waals surface area contributed by atoms with E-state index in [1.165, 1.54) is 0 Å². The summed E-state index contributed by atoms with van der Waals surface area (Å²) in [6.45, 7) is 4.38. The largest absolute Gasteiger partial charge is 0.497 e. The number of ether oxygens (including phenoxy) is 2. The van der Waals surface area contributed by atoms with Gasteiger partial charge in [-0.3, -0.25) is 9.69 Å². The van der Waals surface area contributed by atoms with Crippen molar-refractivity contribution < 1.29 is 18.7 Å². The molecule has 0 aliphatic carbocycles. The normalized spacial score (nSPS) is 14.6. The first-order chi connectivity index (χ1) is 14.7. The molecular formula is C21H25N5O4. The van der Waals surface area contributed by atoms with E-state index >= 15 is 0 Å². The fraction of sp³-hybridized carbons (Fsp3) is 0.381. The lowest BCUT2D eigenvalue weighted by molar-refractivity contribution is -0.122. The van der Waals surface area contributed by atoms with Crippen molar-refractivity contribution in [2.24, 2.45) is 0 Å². The minimum Gasteiger partial charge on any atom is -0.497 e. The molecule has 0 bridgehead atoms. The summed E-state index contributed by atoms with van der Waals surface area (Å²) in [5.74, 6) is 2.06. The molecule has 1 aliphatic rings. The van der Waals surface area contributed by atoms with Crippen LogP contribution in [0.3, 0.4) is 0 Å². The van der Waals surface area contributed by atoms with Gasteiger partial charge in [-0.1, -0.05) is 5.21 Å². The number of aromatic nitrogens is 3. The number of carbonyl (C=O) groups excluding carboxylic acids is 1. The predicted molar refractivity (Wildman–Crippen MR) is 109 cm³/mol. The Morgan fingerprint density at radius 2 is 1.97 bits per heavy atom. The number of methoxy groups -OCH3 is 1. The van der Waals surface area contributed by atoms with Gasteiger partial charge in [0.1, 0.15) is 23.8 Å². The van der Waals surface area contributed by atoms with Crippen LogP contribution in [0.1, 0.15) is 11.5 Å². The lowest BCUT2D eigenvalue weighted by Crippen LogP contribution is -2.35. The summed E-state index contributed by atoms with van der Waals surface area (Å²) in [5, 5.41) is 11.1. The Balaban J connectivity index is 1.25. The number of carbonyl (C=O) groups is 1. The van der Waals surface area contributed by atoms with Crippen LogP contribution >= 0.6 is 0 Å². The van der Waals surface area contributed by atoms with Gasteiger partial charge in [0, 0.05) is 25.2 Å². The van der Waals surface area contributed by atoms with Gasteiger partial charge in [0.2, 0.25) is 5.91 Å². The van der Waals surface area contributed by atoms with Gasteiger partial charge >= 0.3 is 0 Å². The molecule has 3 aromatic rings. The van der Waals surface area contributed by atoms with Gasteiger partial charge in [-0.2, -0.15) is 0 Å². The molecular weight excluding hydrogens is 386 g/mol. The Bertz CT molecular complexity index is 960. The number of hydrogen-bond donors (Lipinski definition) is 1. The lowest BCUT2D eigenvalue weighted by Gasteiger charge is -2.25. The summed E-state index contributed by atoms with van der Waals surface area (Å²) in [6.07, 6.45) is 1.81. The number of nitrogens with zero attached hydrogens (tertiary/aromatic N) is 4. The van der Waals surface area contributed by atoms with Gasteiger partial charge in [0.15, 0.2) is 0 Å². The molecule has 158 valence electrons. The zero-order valence-electron chi connectivity index (χ0n) is 16.9. The zero-order valence-corrected chi connectivity index (χ0v) is 16.9. The summed E-state index contributed by atoms with van der Waals surface area (Å²) >= 11 is 0. The second kappa shape index (κ2) is 9.55. The van der Waals surface area contributed by atoms with E-state index in [2.05, 4.69) is 20.5 Å². The standard InChI is InChI=1S/C21H25N5O4/c1-28-18-4-2-16(3-5-18)20-7-6-19(30-20)12-22-21(27)15-26-14-17(23-24-26)13-25-8-10-29-11-9-25/h2-7,14H,8-13,15H2,1H3,(H,22,27). The van der Waals surface area contributed by atoms with Crippen molar-refractivity contribution in [2.75, 3.05) is 33.4 Å². The molecule has 0 unspecified atom stereocenters. The fourth-order valence-electron chi connectivity index (χ4n) is 3.25. The number of rotatable bonds is 8. The monoisotopic (exact) mass is 411 g/mol. The van der Waals surface area contributed by atoms with Gasteiger partial charge < -0.3 is 19.2 Å². The molecule has 3 heterocycles. The van der Waals surface area contributed by atoms with Crippen LogP contribution in [0.15, 0.2) is 47.0 Å². The zero-order chi connectivity index (χ0) is 20.8. The summed E-state index contributed by atoms with van der Waals surface area (Å²) in [6, 6.07) is 11.4. The molecule has 1 saturated heterocycles. The summed E-state index contributed by atoms with van der Waals surface area (Å²) in [5.41, 5.74) is 1.80. The van der Waals surface area contributed by atoms with Crippen molar-refractivity contribution in [3.63, 3.8) is 0 Å². The molecule has 0 atom stereocenters. The van der Waals surface area contributed by atoms with Crippen LogP contribution in [0.4, 0.5) is 0 Å². The van der Waals surface area contributed by atoms with Crippen molar-refractivity contribution in [1.82, 2.24) is 25.2 Å². The van der Waals surface area contributed by atoms with E-state index in [0.717, 1.165) is 49.1 Å². The maximum atomic E-state index is 12.3. The Kier molecular flexibility index (Phi) is 6.41. The molecule has 1 aromatic carbocycles. The van der Waals surface area contributed by atoms with Crippen LogP contribution in [0.25, 0.3) is 11.3 Å². The highest BCUT2D eigenvalue weighted by Crippen LogP contribution is 2.24. The second-order valence-corrected chi connectivity index (χ2v) is 7.07. The number of hydrogen-bond acceptors (Lipinski definition) is 7. The van der Waals surface area contributed by atoms with E-state index in [1.807, 2.05) is 42.6 Å². The molecule has 4 rings (SSSR count). The van der Waals surface area contributed by atoms with Crippen LogP contribution in [-0.4, -0.2) is 59.2 Å². The Morgan fingerprint density at radius 3 is 2.73 bits per heavy atom. The van der Waals surface area contributed by atoms with Gasteiger partial charge in [0.05, 0.1) is 38.8 Å². The maximum Gasteiger partial charge on any atom is 0.242 e. The predicted octanol–water partition coefficient (Wildman–Crippen LogP) is 1.70. The summed E-state index contributed by atoms with van der Waals surface area (Å²) in [4.78, 5) is 14.5. The summed E-state index contributed by atoms with van der Waals surface area (Å²) < 4.78 is 17.9. The van der Waals surface area contributed by atoms with Crippen molar-refractivity contribution >= 4 is 5.91 Å². The molecule has 0 radical (unpaired) electrons. The Morgan fingerprint density at radius 1 is 1.17 bits per heavy atom. The number of nitrogens with one attached hydrogen (secondary N) is 1. The number of morpholine rings is 1. The molecule has 1 fully saturated rings. The second-order valence-electron chi connectivity index (χ2n) is 7.07. The van der Waals surface area contributed by atoms with Crippen molar-refractivity contribution in [3.8, 4) is 17.1 Å². The summed E-state index contributed by atoms with van der Waals surface area (Å²) in [7, 11) is 1.63. The smallest absolute Gasteiger partial charge is 0.242 e. The third kappa shape index (κ3) is 5.25. The topological polar surface area (TPSA) is 94.7 Å². The Hall–Kier alpha value is -3.17. The molecule has 9 nitrogen and oxygen atoms in total. The highest BCUT2D eigenvalue weighted by atomic mass is 16.5. The average Bonchev–Trinajstić information content (AvgIpc) is 3.43. The van der Waals surface area contributed by atoms with Crippen LogP contribution in [0.2, 0.25) is 0 Å². The van der Waals surface area contributed by atoms with Gasteiger partial charge in [-0.05, 0) is 36.4 Å². The Labute approximate surface area is 174 Å². The first-order valence-electron chi connectivity index (χ1n) is 9.88. The quantitative estimate of drug-likeness (QED) is 0.603. The molecule has 30 heavy (non-hydrogen) atoms. The number of furan rings is 1. The molecule has 1 N–H and O–H groups in total. The average molecular weight is 411 g/mol. The van der Waals surface area contributed by atoms with Crippen LogP contribution in [-0.2, 0) is 29.2 Å². The SMILES string of the molecule is COc1ccc(-c2ccc(CNC(=O)Cn3cc(CN4CCOCC4)nn3)o2)cc1. The molecule has 0 saturated carbocycles. The molecule has 9 heteroatoms. The van der Waals surface area contributed by atoms with Gasteiger partial charge in [-0.25, -0.2) is 4.68 Å². The third-order valence-corrected chi connectivity index (χ3v) is 4.88. The van der Waals surface area contributed by atoms with Gasteiger partial charge in [0.25, 0.3) is 0 Å². The maximum absolute atomic E-state index is 12.3. The number of amides is 1. The highest BCUT2D eigenvalue weighted by molar-refractivity contribution is 5.75. The fourth-order valence-corrected chi connectivity index (χ4v) is 3.25. The van der Waals surface area contributed by atoms with E-state index in [1.54, 1.807) is 11.8 Å². The van der Waals surface area contributed by atoms with E-state index in [0.29, 0.717) is 18.8 Å². The van der Waals surface area contributed by atoms with Crippen molar-refractivity contribution in [1.29, 1.82) is 0 Å². The molecule has 1 aliphatic heterocycles. The van der Waals surface area contributed by atoms with Crippen molar-refractivity contribution in [2.45, 2.75) is 19.6 Å². The van der Waals surface area contributed by atoms with E-state index < -0.39 is 0 Å². The number of benzene rings is 1. The minimum atomic E-state index is -0.153. The van der Waals surface area contributed by atoms with Crippen LogP contribution < -0.4 is 10.1 Å². The molecule has 1 amide bonds. The van der Waals surface area contributed by atoms with Crippen LogP contribution in [0, 0.1) is 0 Å². The highest BCUT2D eigenvalue weighted by Gasteiger charge is 2.14. The first-order valence-corrected chi connectivity index (χ1v) is 9.88. The molecule has 2 aromatic heterocycles. The van der Waals surface area contributed by atoms with Gasteiger partial charge in [-0.15, -0.1) is 5.10 Å². The lowest BCUT2D eigenvalue weighted by atomic mass is 10.2. The van der Waals surface area contributed by atoms with E-state index in [4.69, 9.17) is 13.9 Å². The minimum absolute atomic E-state index is 0.113.